The lowest BCUT2D eigenvalue weighted by molar-refractivity contribution is -0.124. The number of ether oxygens (including phenoxy) is 1. The summed E-state index contributed by atoms with van der Waals surface area (Å²) in [5.41, 5.74) is 0.203. The van der Waals surface area contributed by atoms with Gasteiger partial charge in [-0.3, -0.25) is 19.4 Å². The maximum Gasteiger partial charge on any atom is 0.331 e. The number of carbonyl (C=O) groups excluding carboxylic acids is 3. The van der Waals surface area contributed by atoms with E-state index >= 15 is 0 Å². The largest absolute Gasteiger partial charge is 0.482 e. The molecule has 142 valence electrons. The minimum absolute atomic E-state index is 0.00738. The van der Waals surface area contributed by atoms with Gasteiger partial charge in [-0.05, 0) is 12.1 Å². The molecule has 1 saturated heterocycles. The van der Waals surface area contributed by atoms with Gasteiger partial charge in [-0.1, -0.05) is 0 Å². The fourth-order valence-electron chi connectivity index (χ4n) is 2.20. The van der Waals surface area contributed by atoms with Gasteiger partial charge in [0.2, 0.25) is 15.9 Å². The van der Waals surface area contributed by atoms with Crippen LogP contribution in [0.15, 0.2) is 23.1 Å². The van der Waals surface area contributed by atoms with Crippen molar-refractivity contribution in [2.24, 2.45) is 0 Å². The number of nitrogens with one attached hydrogen (secondary N) is 1. The van der Waals surface area contributed by atoms with Crippen molar-refractivity contribution in [3.8, 4) is 5.75 Å². The van der Waals surface area contributed by atoms with E-state index in [4.69, 9.17) is 4.74 Å². The average Bonchev–Trinajstić information content (AvgIpc) is 2.86. The number of amides is 4. The van der Waals surface area contributed by atoms with Gasteiger partial charge in [0, 0.05) is 34.3 Å². The number of imide groups is 1. The summed E-state index contributed by atoms with van der Waals surface area (Å²) in [7, 11) is 1.79. The topological polar surface area (TPSA) is 116 Å². The van der Waals surface area contributed by atoms with Crippen LogP contribution in [0.5, 0.6) is 5.75 Å². The zero-order valence-corrected chi connectivity index (χ0v) is 15.7. The monoisotopic (exact) mass is 384 g/mol. The predicted molar refractivity (Wildman–Crippen MR) is 92.4 cm³/mol. The second-order valence-electron chi connectivity index (χ2n) is 5.70. The van der Waals surface area contributed by atoms with E-state index in [1.54, 1.807) is 0 Å². The SMILES string of the molecule is CNC(=O)COc1cc(S(=O)(=O)N(C)C)ccc1N1CC(=O)N(C)C1=O. The first kappa shape index (κ1) is 19.7. The van der Waals surface area contributed by atoms with Crippen molar-refractivity contribution < 1.29 is 27.5 Å². The molecule has 1 aliphatic rings. The van der Waals surface area contributed by atoms with Crippen molar-refractivity contribution in [1.29, 1.82) is 0 Å². The highest BCUT2D eigenvalue weighted by Gasteiger charge is 2.36. The van der Waals surface area contributed by atoms with E-state index in [1.165, 1.54) is 46.4 Å². The molecule has 4 amide bonds. The van der Waals surface area contributed by atoms with Crippen molar-refractivity contribution >= 4 is 33.6 Å². The molecule has 1 heterocycles. The van der Waals surface area contributed by atoms with E-state index in [2.05, 4.69) is 5.32 Å². The first-order valence-corrected chi connectivity index (χ1v) is 9.01. The van der Waals surface area contributed by atoms with Crippen molar-refractivity contribution in [3.63, 3.8) is 0 Å². The molecule has 0 aliphatic carbocycles. The molecule has 0 unspecified atom stereocenters. The lowest BCUT2D eigenvalue weighted by Crippen LogP contribution is -2.31. The molecule has 10 nitrogen and oxygen atoms in total. The van der Waals surface area contributed by atoms with Gasteiger partial charge in [0.1, 0.15) is 12.3 Å². The van der Waals surface area contributed by atoms with Crippen LogP contribution < -0.4 is 15.0 Å². The molecule has 1 aromatic carbocycles. The van der Waals surface area contributed by atoms with Gasteiger partial charge in [-0.2, -0.15) is 0 Å². The number of anilines is 1. The maximum atomic E-state index is 12.3. The highest BCUT2D eigenvalue weighted by molar-refractivity contribution is 7.89. The van der Waals surface area contributed by atoms with E-state index in [0.29, 0.717) is 0 Å². The second-order valence-corrected chi connectivity index (χ2v) is 7.85. The molecule has 2 rings (SSSR count). The Balaban J connectivity index is 2.49. The van der Waals surface area contributed by atoms with Crippen LogP contribution in [-0.4, -0.2) is 76.8 Å². The zero-order chi connectivity index (χ0) is 19.6. The zero-order valence-electron chi connectivity index (χ0n) is 14.8. The van der Waals surface area contributed by atoms with Crippen LogP contribution in [0, 0.1) is 0 Å². The van der Waals surface area contributed by atoms with Crippen LogP contribution in [0.1, 0.15) is 0 Å². The number of hydrogen-bond donors (Lipinski definition) is 1. The average molecular weight is 384 g/mol. The molecular weight excluding hydrogens is 364 g/mol. The Kier molecular flexibility index (Phi) is 5.52. The van der Waals surface area contributed by atoms with Gasteiger partial charge in [-0.25, -0.2) is 17.5 Å². The third-order valence-electron chi connectivity index (χ3n) is 3.82. The van der Waals surface area contributed by atoms with E-state index < -0.39 is 27.9 Å². The number of hydrogen-bond acceptors (Lipinski definition) is 6. The van der Waals surface area contributed by atoms with Crippen LogP contribution >= 0.6 is 0 Å². The number of carbonyl (C=O) groups is 3. The Morgan fingerprint density at radius 1 is 1.31 bits per heavy atom. The number of urea groups is 1. The fourth-order valence-corrected chi connectivity index (χ4v) is 3.12. The van der Waals surface area contributed by atoms with E-state index in [0.717, 1.165) is 14.1 Å². The summed E-state index contributed by atoms with van der Waals surface area (Å²) in [6.45, 7) is -0.577. The molecule has 0 radical (unpaired) electrons. The van der Waals surface area contributed by atoms with Crippen molar-refractivity contribution in [2.75, 3.05) is 46.2 Å². The summed E-state index contributed by atoms with van der Waals surface area (Å²) in [5.74, 6) is -0.831. The molecular formula is C15H20N4O6S. The fraction of sp³-hybridized carbons (Fsp3) is 0.400. The third-order valence-corrected chi connectivity index (χ3v) is 5.63. The van der Waals surface area contributed by atoms with Gasteiger partial charge in [0.25, 0.3) is 5.91 Å². The molecule has 0 atom stereocenters. The van der Waals surface area contributed by atoms with Crippen LogP contribution in [0.2, 0.25) is 0 Å². The first-order valence-electron chi connectivity index (χ1n) is 7.57. The summed E-state index contributed by atoms with van der Waals surface area (Å²) in [6.07, 6.45) is 0. The van der Waals surface area contributed by atoms with Gasteiger partial charge in [0.05, 0.1) is 10.6 Å². The summed E-state index contributed by atoms with van der Waals surface area (Å²) in [4.78, 5) is 37.5. The standard InChI is InChI=1S/C15H20N4O6S/c1-16-13(20)9-25-12-7-10(26(23,24)17(2)3)5-6-11(12)19-8-14(21)18(4)15(19)22/h5-7H,8-9H2,1-4H3,(H,16,20). The van der Waals surface area contributed by atoms with Crippen LogP contribution in [-0.2, 0) is 19.6 Å². The Bertz CT molecular complexity index is 852. The lowest BCUT2D eigenvalue weighted by Gasteiger charge is -2.20. The molecule has 1 N–H and O–H groups in total. The summed E-state index contributed by atoms with van der Waals surface area (Å²) in [6, 6.07) is 3.35. The molecule has 0 spiro atoms. The quantitative estimate of drug-likeness (QED) is 0.659. The van der Waals surface area contributed by atoms with Gasteiger partial charge < -0.3 is 10.1 Å². The Morgan fingerprint density at radius 2 is 1.96 bits per heavy atom. The summed E-state index contributed by atoms with van der Waals surface area (Å²) in [5, 5.41) is 2.38. The van der Waals surface area contributed by atoms with Crippen molar-refractivity contribution in [2.45, 2.75) is 4.90 Å². The number of sulfonamides is 1. The molecule has 1 fully saturated rings. The molecule has 0 saturated carbocycles. The summed E-state index contributed by atoms with van der Waals surface area (Å²) < 4.78 is 31.1. The van der Waals surface area contributed by atoms with Crippen LogP contribution in [0.4, 0.5) is 10.5 Å². The normalized spacial score (nSPS) is 15.0. The van der Waals surface area contributed by atoms with Crippen LogP contribution in [0.3, 0.4) is 0 Å². The van der Waals surface area contributed by atoms with E-state index in [1.807, 2.05) is 0 Å². The number of nitrogens with zero attached hydrogens (tertiary/aromatic N) is 3. The molecule has 1 aliphatic heterocycles. The van der Waals surface area contributed by atoms with E-state index in [-0.39, 0.29) is 29.5 Å². The number of benzene rings is 1. The van der Waals surface area contributed by atoms with Crippen molar-refractivity contribution in [1.82, 2.24) is 14.5 Å². The van der Waals surface area contributed by atoms with Crippen molar-refractivity contribution in [3.05, 3.63) is 18.2 Å². The molecule has 0 bridgehead atoms. The molecule has 26 heavy (non-hydrogen) atoms. The lowest BCUT2D eigenvalue weighted by atomic mass is 10.2. The maximum absolute atomic E-state index is 12.3. The minimum atomic E-state index is -3.75. The van der Waals surface area contributed by atoms with E-state index in [9.17, 15) is 22.8 Å². The number of rotatable bonds is 6. The Morgan fingerprint density at radius 3 is 2.46 bits per heavy atom. The van der Waals surface area contributed by atoms with Gasteiger partial charge >= 0.3 is 6.03 Å². The van der Waals surface area contributed by atoms with Crippen LogP contribution in [0.25, 0.3) is 0 Å². The highest BCUT2D eigenvalue weighted by Crippen LogP contribution is 2.34. The van der Waals surface area contributed by atoms with Gasteiger partial charge in [-0.15, -0.1) is 0 Å². The second kappa shape index (κ2) is 7.30. The minimum Gasteiger partial charge on any atom is -0.482 e. The van der Waals surface area contributed by atoms with Gasteiger partial charge in [0.15, 0.2) is 6.61 Å². The Hall–Kier alpha value is -2.66. The summed E-state index contributed by atoms with van der Waals surface area (Å²) >= 11 is 0. The Labute approximate surface area is 151 Å². The predicted octanol–water partition coefficient (Wildman–Crippen LogP) is -0.540. The third kappa shape index (κ3) is 3.63. The number of likely N-dealkylation sites (N-methyl/N-ethyl adjacent to an activating group) is 2. The highest BCUT2D eigenvalue weighted by atomic mass is 32.2. The molecule has 1 aromatic rings. The molecule has 11 heteroatoms. The smallest absolute Gasteiger partial charge is 0.331 e. The first-order chi connectivity index (χ1) is 12.1. The molecule has 0 aromatic heterocycles.